The largest absolute Gasteiger partial charge is 0.497 e. The number of ether oxygens (including phenoxy) is 1. The summed E-state index contributed by atoms with van der Waals surface area (Å²) in [6.07, 6.45) is 2.97. The number of hydrogen-bond acceptors (Lipinski definition) is 6. The van der Waals surface area contributed by atoms with E-state index in [1.165, 1.54) is 22.6 Å². The van der Waals surface area contributed by atoms with Gasteiger partial charge in [0.15, 0.2) is 0 Å². The number of benzene rings is 1. The molecule has 1 N–H and O–H groups in total. The highest BCUT2D eigenvalue weighted by atomic mass is 16.6. The van der Waals surface area contributed by atoms with Crippen molar-refractivity contribution in [3.8, 4) is 5.75 Å². The van der Waals surface area contributed by atoms with Gasteiger partial charge in [-0.2, -0.15) is 5.10 Å². The number of nitrogens with zero attached hydrogens (tertiary/aromatic N) is 4. The van der Waals surface area contributed by atoms with Gasteiger partial charge in [0.1, 0.15) is 18.1 Å². The highest BCUT2D eigenvalue weighted by Gasteiger charge is 2.25. The van der Waals surface area contributed by atoms with Crippen LogP contribution >= 0.6 is 0 Å². The highest BCUT2D eigenvalue weighted by Crippen LogP contribution is 2.28. The van der Waals surface area contributed by atoms with E-state index in [9.17, 15) is 15.2 Å². The van der Waals surface area contributed by atoms with Crippen molar-refractivity contribution in [1.82, 2.24) is 14.7 Å². The van der Waals surface area contributed by atoms with Crippen LogP contribution in [0.1, 0.15) is 17.9 Å². The molecule has 134 valence electrons. The summed E-state index contributed by atoms with van der Waals surface area (Å²) >= 11 is 0. The van der Waals surface area contributed by atoms with Crippen molar-refractivity contribution in [2.75, 3.05) is 26.7 Å². The van der Waals surface area contributed by atoms with Crippen LogP contribution in [0.2, 0.25) is 0 Å². The normalized spacial score (nSPS) is 19.0. The summed E-state index contributed by atoms with van der Waals surface area (Å²) in [5, 5.41) is 24.8. The lowest BCUT2D eigenvalue weighted by Crippen LogP contribution is -2.33. The van der Waals surface area contributed by atoms with Crippen LogP contribution < -0.4 is 4.74 Å². The molecule has 2 unspecified atom stereocenters. The molecule has 1 fully saturated rings. The molecule has 2 atom stereocenters. The van der Waals surface area contributed by atoms with Crippen molar-refractivity contribution in [3.63, 3.8) is 0 Å². The van der Waals surface area contributed by atoms with Gasteiger partial charge in [0.25, 0.3) is 0 Å². The maximum atomic E-state index is 10.7. The summed E-state index contributed by atoms with van der Waals surface area (Å²) < 4.78 is 6.60. The van der Waals surface area contributed by atoms with E-state index >= 15 is 0 Å². The van der Waals surface area contributed by atoms with Crippen LogP contribution in [0.5, 0.6) is 5.75 Å². The van der Waals surface area contributed by atoms with Crippen LogP contribution in [-0.4, -0.2) is 57.6 Å². The van der Waals surface area contributed by atoms with Gasteiger partial charge in [-0.1, -0.05) is 12.1 Å². The summed E-state index contributed by atoms with van der Waals surface area (Å²) in [5.41, 5.74) is 1.22. The first kappa shape index (κ1) is 17.4. The number of methoxy groups -OCH3 is 1. The van der Waals surface area contributed by atoms with Gasteiger partial charge >= 0.3 is 5.69 Å². The Morgan fingerprint density at radius 3 is 2.80 bits per heavy atom. The number of aliphatic hydroxyl groups is 1. The van der Waals surface area contributed by atoms with Gasteiger partial charge in [-0.05, 0) is 36.6 Å². The third-order valence-corrected chi connectivity index (χ3v) is 4.56. The molecule has 1 aliphatic rings. The molecular formula is C17H22N4O4. The van der Waals surface area contributed by atoms with Gasteiger partial charge in [0, 0.05) is 13.1 Å². The third-order valence-electron chi connectivity index (χ3n) is 4.56. The van der Waals surface area contributed by atoms with E-state index < -0.39 is 11.0 Å². The molecule has 0 amide bonds. The van der Waals surface area contributed by atoms with E-state index in [4.69, 9.17) is 4.74 Å². The third kappa shape index (κ3) is 4.34. The van der Waals surface area contributed by atoms with Crippen molar-refractivity contribution < 1.29 is 14.8 Å². The molecule has 2 aromatic rings. The average molecular weight is 346 g/mol. The Labute approximate surface area is 145 Å². The molecule has 0 radical (unpaired) electrons. The summed E-state index contributed by atoms with van der Waals surface area (Å²) in [6.45, 7) is 2.59. The molecule has 0 bridgehead atoms. The fourth-order valence-electron chi connectivity index (χ4n) is 3.27. The molecule has 1 saturated heterocycles. The first-order valence-corrected chi connectivity index (χ1v) is 8.26. The first-order valence-electron chi connectivity index (χ1n) is 8.26. The van der Waals surface area contributed by atoms with E-state index in [1.54, 1.807) is 7.11 Å². The quantitative estimate of drug-likeness (QED) is 0.605. The molecule has 8 heteroatoms. The molecule has 8 nitrogen and oxygen atoms in total. The SMILES string of the molecule is COc1ccc(C2CCN(CC(O)Cn3cc([N+](=O)[O-])cn3)C2)cc1. The molecule has 2 heterocycles. The molecule has 0 spiro atoms. The fourth-order valence-corrected chi connectivity index (χ4v) is 3.27. The Kier molecular flexibility index (Phi) is 5.30. The van der Waals surface area contributed by atoms with Gasteiger partial charge in [-0.3, -0.25) is 14.8 Å². The highest BCUT2D eigenvalue weighted by molar-refractivity contribution is 5.30. The molecule has 25 heavy (non-hydrogen) atoms. The van der Waals surface area contributed by atoms with Crippen LogP contribution in [-0.2, 0) is 6.54 Å². The van der Waals surface area contributed by atoms with Crippen molar-refractivity contribution in [3.05, 3.63) is 52.3 Å². The summed E-state index contributed by atoms with van der Waals surface area (Å²) in [5.74, 6) is 1.30. The summed E-state index contributed by atoms with van der Waals surface area (Å²) in [4.78, 5) is 12.4. The number of β-amino-alcohol motifs (C(OH)–C–C–N with tert-alkyl or cyclic N) is 1. The second kappa shape index (κ2) is 7.62. The zero-order valence-electron chi connectivity index (χ0n) is 14.1. The summed E-state index contributed by atoms with van der Waals surface area (Å²) in [7, 11) is 1.65. The van der Waals surface area contributed by atoms with Crippen LogP contribution in [0, 0.1) is 10.1 Å². The minimum absolute atomic E-state index is 0.0621. The molecule has 1 aromatic heterocycles. The van der Waals surface area contributed by atoms with Crippen LogP contribution in [0.3, 0.4) is 0 Å². The molecule has 0 saturated carbocycles. The number of hydrogen-bond donors (Lipinski definition) is 1. The van der Waals surface area contributed by atoms with Gasteiger partial charge < -0.3 is 14.7 Å². The predicted molar refractivity (Wildman–Crippen MR) is 91.7 cm³/mol. The lowest BCUT2D eigenvalue weighted by atomic mass is 9.98. The van der Waals surface area contributed by atoms with Gasteiger partial charge in [-0.25, -0.2) is 0 Å². The minimum atomic E-state index is -0.617. The molecular weight excluding hydrogens is 324 g/mol. The van der Waals surface area contributed by atoms with Crippen molar-refractivity contribution in [1.29, 1.82) is 0 Å². The Morgan fingerprint density at radius 2 is 2.16 bits per heavy atom. The Morgan fingerprint density at radius 1 is 1.40 bits per heavy atom. The monoisotopic (exact) mass is 346 g/mol. The Hall–Kier alpha value is -2.45. The number of aromatic nitrogens is 2. The smallest absolute Gasteiger partial charge is 0.306 e. The van der Waals surface area contributed by atoms with Crippen LogP contribution in [0.25, 0.3) is 0 Å². The Bertz CT molecular complexity index is 716. The second-order valence-corrected chi connectivity index (χ2v) is 6.35. The molecule has 1 aromatic carbocycles. The number of aliphatic hydroxyl groups excluding tert-OH is 1. The van der Waals surface area contributed by atoms with Crippen molar-refractivity contribution >= 4 is 5.69 Å². The maximum absolute atomic E-state index is 10.7. The van der Waals surface area contributed by atoms with Gasteiger partial charge in [-0.15, -0.1) is 0 Å². The topological polar surface area (TPSA) is 93.7 Å². The fraction of sp³-hybridized carbons (Fsp3) is 0.471. The number of likely N-dealkylation sites (tertiary alicyclic amines) is 1. The van der Waals surface area contributed by atoms with E-state index in [0.717, 1.165) is 25.3 Å². The second-order valence-electron chi connectivity index (χ2n) is 6.35. The summed E-state index contributed by atoms with van der Waals surface area (Å²) in [6, 6.07) is 8.12. The van der Waals surface area contributed by atoms with Gasteiger partial charge in [0.05, 0.1) is 24.7 Å². The predicted octanol–water partition coefficient (Wildman–Crippen LogP) is 1.65. The lowest BCUT2D eigenvalue weighted by Gasteiger charge is -2.20. The minimum Gasteiger partial charge on any atom is -0.497 e. The van der Waals surface area contributed by atoms with Crippen LogP contribution in [0.15, 0.2) is 36.7 Å². The van der Waals surface area contributed by atoms with E-state index in [1.807, 2.05) is 12.1 Å². The first-order chi connectivity index (χ1) is 12.0. The van der Waals surface area contributed by atoms with Crippen LogP contribution in [0.4, 0.5) is 5.69 Å². The van der Waals surface area contributed by atoms with Crippen molar-refractivity contribution in [2.45, 2.75) is 25.0 Å². The van der Waals surface area contributed by atoms with E-state index in [0.29, 0.717) is 12.5 Å². The maximum Gasteiger partial charge on any atom is 0.306 e. The zero-order chi connectivity index (χ0) is 17.8. The average Bonchev–Trinajstić information content (AvgIpc) is 3.24. The van der Waals surface area contributed by atoms with E-state index in [2.05, 4.69) is 22.1 Å². The zero-order valence-corrected chi connectivity index (χ0v) is 14.1. The standard InChI is InChI=1S/C17H22N4O4/c1-25-17-4-2-13(3-5-17)14-6-7-19(9-14)11-16(22)12-20-10-15(8-18-20)21(23)24/h2-5,8,10,14,16,22H,6-7,9,11-12H2,1H3. The number of rotatable bonds is 7. The van der Waals surface area contributed by atoms with E-state index in [-0.39, 0.29) is 12.2 Å². The molecule has 3 rings (SSSR count). The molecule has 1 aliphatic heterocycles. The van der Waals surface area contributed by atoms with Gasteiger partial charge in [0.2, 0.25) is 0 Å². The Balaban J connectivity index is 1.50. The molecule has 0 aliphatic carbocycles. The number of nitro groups is 1. The lowest BCUT2D eigenvalue weighted by molar-refractivity contribution is -0.385. The van der Waals surface area contributed by atoms with Crippen molar-refractivity contribution in [2.24, 2.45) is 0 Å².